The average Bonchev–Trinajstić information content (AvgIpc) is 3.01. The van der Waals surface area contributed by atoms with Crippen molar-refractivity contribution in [1.29, 1.82) is 0 Å². The molecule has 0 bridgehead atoms. The minimum Gasteiger partial charge on any atom is -0.503 e. The summed E-state index contributed by atoms with van der Waals surface area (Å²) < 4.78 is 0. The summed E-state index contributed by atoms with van der Waals surface area (Å²) in [6.07, 6.45) is 1.64. The number of thiophene rings is 1. The standard InChI is InChI=1S/C16H9NO5S/c1-7-6-8(4-5-17-7)9-2-3-10(23-9)11-12(18)14(20)16(22)15(21)13(11)19/h2-6,18H,1H3. The van der Waals surface area contributed by atoms with Gasteiger partial charge in [0.15, 0.2) is 5.75 Å². The smallest absolute Gasteiger partial charge is 0.280 e. The maximum absolute atomic E-state index is 11.9. The first-order valence-electron chi connectivity index (χ1n) is 6.54. The highest BCUT2D eigenvalue weighted by molar-refractivity contribution is 7.18. The zero-order valence-electron chi connectivity index (χ0n) is 11.8. The number of hydrogen-bond acceptors (Lipinski definition) is 7. The monoisotopic (exact) mass is 327 g/mol. The van der Waals surface area contributed by atoms with Crippen molar-refractivity contribution in [1.82, 2.24) is 4.98 Å². The van der Waals surface area contributed by atoms with Gasteiger partial charge in [-0.25, -0.2) is 0 Å². The summed E-state index contributed by atoms with van der Waals surface area (Å²) in [5.41, 5.74) is -4.18. The van der Waals surface area contributed by atoms with E-state index in [2.05, 4.69) is 4.98 Å². The third-order valence-corrected chi connectivity index (χ3v) is 4.48. The van der Waals surface area contributed by atoms with Crippen LogP contribution in [0.1, 0.15) is 5.69 Å². The quantitative estimate of drug-likeness (QED) is 0.699. The van der Waals surface area contributed by atoms with Gasteiger partial charge in [0.1, 0.15) is 0 Å². The fourth-order valence-corrected chi connectivity index (χ4v) is 3.25. The van der Waals surface area contributed by atoms with E-state index in [4.69, 9.17) is 0 Å². The number of hydrogen-bond donors (Lipinski definition) is 1. The fraction of sp³-hybridized carbons (Fsp3) is 0.0625. The minimum atomic E-state index is -1.50. The Kier molecular flexibility index (Phi) is 3.49. The maximum Gasteiger partial charge on any atom is 0.280 e. The Morgan fingerprint density at radius 1 is 0.913 bits per heavy atom. The third kappa shape index (κ3) is 2.40. The number of phenolic OH excluding ortho intramolecular Hbond substituents is 1. The van der Waals surface area contributed by atoms with E-state index in [9.17, 15) is 24.3 Å². The summed E-state index contributed by atoms with van der Waals surface area (Å²) in [6.45, 7) is 1.83. The van der Waals surface area contributed by atoms with Gasteiger partial charge in [0, 0.05) is 21.6 Å². The molecular formula is C16H9NO5S. The lowest BCUT2D eigenvalue weighted by molar-refractivity contribution is 0.471. The molecule has 0 aliphatic carbocycles. The van der Waals surface area contributed by atoms with Crippen LogP contribution in [0, 0.1) is 6.92 Å². The summed E-state index contributed by atoms with van der Waals surface area (Å²) >= 11 is 1.13. The summed E-state index contributed by atoms with van der Waals surface area (Å²) in [6, 6.07) is 6.84. The molecule has 1 aromatic carbocycles. The number of rotatable bonds is 2. The van der Waals surface area contributed by atoms with Crippen molar-refractivity contribution in [3.8, 4) is 26.6 Å². The molecule has 114 valence electrons. The Labute approximate surface area is 132 Å². The Balaban J connectivity index is 2.23. The van der Waals surface area contributed by atoms with Gasteiger partial charge in [-0.3, -0.25) is 24.2 Å². The molecule has 3 rings (SSSR count). The van der Waals surface area contributed by atoms with E-state index >= 15 is 0 Å². The van der Waals surface area contributed by atoms with Crippen molar-refractivity contribution in [2.45, 2.75) is 6.92 Å². The number of phenols is 1. The van der Waals surface area contributed by atoms with Gasteiger partial charge in [0.25, 0.3) is 16.3 Å². The van der Waals surface area contributed by atoms with Crippen molar-refractivity contribution >= 4 is 11.3 Å². The Morgan fingerprint density at radius 2 is 1.57 bits per heavy atom. The van der Waals surface area contributed by atoms with Gasteiger partial charge in [0.2, 0.25) is 5.43 Å². The molecule has 7 heteroatoms. The van der Waals surface area contributed by atoms with Crippen LogP contribution in [0.25, 0.3) is 20.9 Å². The molecule has 0 fully saturated rings. The molecule has 0 spiro atoms. The lowest BCUT2D eigenvalue weighted by Crippen LogP contribution is -2.46. The van der Waals surface area contributed by atoms with Crippen LogP contribution in [0.4, 0.5) is 0 Å². The Bertz CT molecular complexity index is 1120. The van der Waals surface area contributed by atoms with E-state index in [-0.39, 0.29) is 4.88 Å². The van der Waals surface area contributed by atoms with E-state index in [1.165, 1.54) is 6.07 Å². The normalized spacial score (nSPS) is 10.8. The molecule has 0 atom stereocenters. The van der Waals surface area contributed by atoms with Gasteiger partial charge in [-0.05, 0) is 36.8 Å². The van der Waals surface area contributed by atoms with E-state index in [0.29, 0.717) is 0 Å². The highest BCUT2D eigenvalue weighted by Gasteiger charge is 2.21. The van der Waals surface area contributed by atoms with Crippen molar-refractivity contribution in [2.75, 3.05) is 0 Å². The number of pyridine rings is 1. The van der Waals surface area contributed by atoms with E-state index in [1.807, 2.05) is 13.0 Å². The molecule has 0 unspecified atom stereocenters. The molecule has 2 heterocycles. The second kappa shape index (κ2) is 5.36. The van der Waals surface area contributed by atoms with Crippen LogP contribution in [0.3, 0.4) is 0 Å². The van der Waals surface area contributed by atoms with Gasteiger partial charge in [-0.2, -0.15) is 0 Å². The largest absolute Gasteiger partial charge is 0.503 e. The summed E-state index contributed by atoms with van der Waals surface area (Å²) in [5, 5.41) is 9.81. The van der Waals surface area contributed by atoms with Gasteiger partial charge in [-0.15, -0.1) is 11.3 Å². The summed E-state index contributed by atoms with van der Waals surface area (Å²) in [4.78, 5) is 51.4. The van der Waals surface area contributed by atoms with Gasteiger partial charge >= 0.3 is 0 Å². The zero-order chi connectivity index (χ0) is 16.7. The lowest BCUT2D eigenvalue weighted by Gasteiger charge is -1.99. The van der Waals surface area contributed by atoms with Gasteiger partial charge in [-0.1, -0.05) is 0 Å². The fourth-order valence-electron chi connectivity index (χ4n) is 2.20. The molecule has 0 radical (unpaired) electrons. The SMILES string of the molecule is Cc1cc(-c2ccc(-c3c(O)c(=O)c(=O)c(=O)c3=O)s2)ccn1. The predicted octanol–water partition coefficient (Wildman–Crippen LogP) is 0.808. The maximum atomic E-state index is 11.9. The minimum absolute atomic E-state index is 0.256. The van der Waals surface area contributed by atoms with E-state index in [0.717, 1.165) is 27.5 Å². The predicted molar refractivity (Wildman–Crippen MR) is 86.8 cm³/mol. The summed E-state index contributed by atoms with van der Waals surface area (Å²) in [7, 11) is 0. The van der Waals surface area contributed by atoms with E-state index in [1.54, 1.807) is 18.3 Å². The number of aryl methyl sites for hydroxylation is 1. The first-order chi connectivity index (χ1) is 10.9. The first kappa shape index (κ1) is 15.0. The lowest BCUT2D eigenvalue weighted by atomic mass is 10.1. The Morgan fingerprint density at radius 3 is 2.26 bits per heavy atom. The molecule has 23 heavy (non-hydrogen) atoms. The first-order valence-corrected chi connectivity index (χ1v) is 7.36. The molecule has 0 aliphatic heterocycles. The molecule has 2 aromatic heterocycles. The molecule has 0 amide bonds. The molecule has 0 saturated carbocycles. The van der Waals surface area contributed by atoms with Crippen LogP contribution in [0.2, 0.25) is 0 Å². The summed E-state index contributed by atoms with van der Waals surface area (Å²) in [5.74, 6) is -0.973. The Hall–Kier alpha value is -2.93. The van der Waals surface area contributed by atoms with Crippen LogP contribution < -0.4 is 21.7 Å². The van der Waals surface area contributed by atoms with Crippen LogP contribution >= 0.6 is 11.3 Å². The molecule has 0 aliphatic rings. The zero-order valence-corrected chi connectivity index (χ0v) is 12.6. The van der Waals surface area contributed by atoms with Crippen molar-refractivity contribution in [3.63, 3.8) is 0 Å². The van der Waals surface area contributed by atoms with Crippen molar-refractivity contribution < 1.29 is 5.11 Å². The van der Waals surface area contributed by atoms with Gasteiger partial charge in [0.05, 0.1) is 5.56 Å². The molecule has 3 aromatic rings. The number of benzene rings is 1. The van der Waals surface area contributed by atoms with Crippen LogP contribution in [-0.4, -0.2) is 10.1 Å². The highest BCUT2D eigenvalue weighted by atomic mass is 32.1. The van der Waals surface area contributed by atoms with Crippen molar-refractivity contribution in [3.05, 3.63) is 77.0 Å². The van der Waals surface area contributed by atoms with Crippen molar-refractivity contribution in [2.24, 2.45) is 0 Å². The number of nitrogens with zero attached hydrogens (tertiary/aromatic N) is 1. The number of aromatic hydroxyl groups is 1. The second-order valence-electron chi connectivity index (χ2n) is 4.89. The van der Waals surface area contributed by atoms with Gasteiger partial charge < -0.3 is 5.11 Å². The number of aromatic nitrogens is 1. The molecule has 0 saturated heterocycles. The second-order valence-corrected chi connectivity index (χ2v) is 5.97. The third-order valence-electron chi connectivity index (χ3n) is 3.33. The molecule has 6 nitrogen and oxygen atoms in total. The topological polar surface area (TPSA) is 101 Å². The van der Waals surface area contributed by atoms with E-state index < -0.39 is 33.0 Å². The van der Waals surface area contributed by atoms with Crippen LogP contribution in [-0.2, 0) is 0 Å². The average molecular weight is 327 g/mol. The highest BCUT2D eigenvalue weighted by Crippen LogP contribution is 2.35. The molecular weight excluding hydrogens is 318 g/mol. The van der Waals surface area contributed by atoms with Crippen LogP contribution in [0.5, 0.6) is 5.75 Å². The molecule has 1 N–H and O–H groups in total. The van der Waals surface area contributed by atoms with Crippen LogP contribution in [0.15, 0.2) is 49.6 Å².